The smallest absolute Gasteiger partial charge is 0.419 e. The molecule has 2 aromatic carbocycles. The first-order valence-electron chi connectivity index (χ1n) is 14.2. The van der Waals surface area contributed by atoms with Crippen molar-refractivity contribution in [2.45, 2.75) is 69.6 Å². The molecule has 0 aliphatic heterocycles. The summed E-state index contributed by atoms with van der Waals surface area (Å²) >= 11 is 7.43. The second-order valence-corrected chi connectivity index (χ2v) is 13.8. The van der Waals surface area contributed by atoms with Crippen molar-refractivity contribution < 1.29 is 37.0 Å². The highest BCUT2D eigenvalue weighted by molar-refractivity contribution is 7.98. The van der Waals surface area contributed by atoms with Gasteiger partial charge in [0.05, 0.1) is 33.0 Å². The van der Waals surface area contributed by atoms with Crippen LogP contribution in [0.25, 0.3) is 10.9 Å². The van der Waals surface area contributed by atoms with Crippen LogP contribution in [-0.2, 0) is 21.4 Å². The lowest BCUT2D eigenvalue weighted by Crippen LogP contribution is -2.35. The van der Waals surface area contributed by atoms with Gasteiger partial charge >= 0.3 is 18.4 Å². The highest BCUT2D eigenvalue weighted by Crippen LogP contribution is 2.37. The van der Waals surface area contributed by atoms with Gasteiger partial charge in [-0.25, -0.2) is 24.5 Å². The lowest BCUT2D eigenvalue weighted by atomic mass is 10.1. The number of aromatic nitrogens is 3. The zero-order chi connectivity index (χ0) is 34.9. The summed E-state index contributed by atoms with van der Waals surface area (Å²) in [5.74, 6) is -0.422. The molecule has 1 N–H and O–H groups in total. The van der Waals surface area contributed by atoms with Crippen molar-refractivity contribution in [1.82, 2.24) is 14.5 Å². The quantitative estimate of drug-likeness (QED) is 0.200. The zero-order valence-electron chi connectivity index (χ0n) is 26.7. The first-order chi connectivity index (χ1) is 21.7. The van der Waals surface area contributed by atoms with E-state index in [2.05, 4.69) is 15.3 Å². The summed E-state index contributed by atoms with van der Waals surface area (Å²) < 4.78 is 52.3. The molecule has 0 unspecified atom stereocenters. The fraction of sp³-hybridized carbons (Fsp3) is 0.344. The fourth-order valence-electron chi connectivity index (χ4n) is 4.19. The Hall–Kier alpha value is -4.30. The number of rotatable bonds is 6. The lowest BCUT2D eigenvalue weighted by molar-refractivity contribution is -0.137. The van der Waals surface area contributed by atoms with Crippen LogP contribution >= 0.6 is 23.4 Å². The van der Waals surface area contributed by atoms with Crippen molar-refractivity contribution in [2.75, 3.05) is 17.3 Å². The van der Waals surface area contributed by atoms with Crippen LogP contribution < -0.4 is 10.2 Å². The number of anilines is 2. The third-order valence-electron chi connectivity index (χ3n) is 6.21. The molecular formula is C32H33ClF3N5O5S. The maximum atomic E-state index is 13.7. The Morgan fingerprint density at radius 3 is 2.32 bits per heavy atom. The average molecular weight is 692 g/mol. The minimum absolute atomic E-state index is 0.00419. The predicted octanol–water partition coefficient (Wildman–Crippen LogP) is 8.80. The number of hydrogen-bond acceptors (Lipinski definition) is 8. The molecule has 2 amide bonds. The fourth-order valence-corrected chi connectivity index (χ4v) is 5.35. The summed E-state index contributed by atoms with van der Waals surface area (Å²) in [6.45, 7) is 10.3. The van der Waals surface area contributed by atoms with E-state index in [0.717, 1.165) is 18.2 Å². The highest BCUT2D eigenvalue weighted by Gasteiger charge is 2.32. The molecular weight excluding hydrogens is 659 g/mol. The van der Waals surface area contributed by atoms with E-state index in [1.165, 1.54) is 40.7 Å². The van der Waals surface area contributed by atoms with E-state index in [-0.39, 0.29) is 28.0 Å². The lowest BCUT2D eigenvalue weighted by Gasteiger charge is -2.23. The summed E-state index contributed by atoms with van der Waals surface area (Å²) in [5.41, 5.74) is -1.95. The van der Waals surface area contributed by atoms with Crippen LogP contribution in [0.1, 0.15) is 63.2 Å². The number of thioether (sulfide) groups is 1. The Kier molecular flexibility index (Phi) is 10.2. The molecule has 0 saturated carbocycles. The van der Waals surface area contributed by atoms with Crippen LogP contribution in [0.5, 0.6) is 0 Å². The molecule has 0 atom stereocenters. The maximum absolute atomic E-state index is 13.7. The second-order valence-electron chi connectivity index (χ2n) is 12.4. The topological polar surface area (TPSA) is 116 Å². The summed E-state index contributed by atoms with van der Waals surface area (Å²) in [6.07, 6.45) is -3.28. The van der Waals surface area contributed by atoms with Gasteiger partial charge in [-0.1, -0.05) is 17.7 Å². The molecule has 10 nitrogen and oxygen atoms in total. The number of amides is 2. The van der Waals surface area contributed by atoms with Crippen molar-refractivity contribution in [3.8, 4) is 0 Å². The molecule has 0 aliphatic carbocycles. The van der Waals surface area contributed by atoms with Crippen molar-refractivity contribution in [1.29, 1.82) is 0 Å². The number of fused-ring (bicyclic) bond motifs is 1. The second kappa shape index (κ2) is 13.4. The van der Waals surface area contributed by atoms with Crippen LogP contribution in [0, 0.1) is 0 Å². The minimum atomic E-state index is -4.66. The van der Waals surface area contributed by atoms with Crippen LogP contribution in [0.4, 0.5) is 34.4 Å². The van der Waals surface area contributed by atoms with Crippen molar-refractivity contribution in [2.24, 2.45) is 0 Å². The van der Waals surface area contributed by atoms with Gasteiger partial charge < -0.3 is 14.8 Å². The number of nitrogens with zero attached hydrogens (tertiary/aromatic N) is 4. The van der Waals surface area contributed by atoms with E-state index in [4.69, 9.17) is 21.1 Å². The molecule has 2 heterocycles. The van der Waals surface area contributed by atoms with Gasteiger partial charge in [-0.15, -0.1) is 11.8 Å². The molecule has 0 saturated heterocycles. The monoisotopic (exact) mass is 691 g/mol. The number of hydrogen-bond donors (Lipinski definition) is 1. The van der Waals surface area contributed by atoms with Crippen LogP contribution in [0.15, 0.2) is 59.8 Å². The Morgan fingerprint density at radius 1 is 1.00 bits per heavy atom. The summed E-state index contributed by atoms with van der Waals surface area (Å²) in [5, 5.41) is 2.71. The number of alkyl halides is 3. The van der Waals surface area contributed by atoms with Gasteiger partial charge in [-0.05, 0) is 77.9 Å². The Bertz CT molecular complexity index is 1830. The zero-order valence-corrected chi connectivity index (χ0v) is 28.2. The Morgan fingerprint density at radius 2 is 1.68 bits per heavy atom. The van der Waals surface area contributed by atoms with Gasteiger partial charge in [0.25, 0.3) is 5.91 Å². The van der Waals surface area contributed by atoms with Gasteiger partial charge in [0, 0.05) is 35.5 Å². The van der Waals surface area contributed by atoms with Crippen LogP contribution in [0.2, 0.25) is 5.02 Å². The highest BCUT2D eigenvalue weighted by atomic mass is 35.5. The number of carbonyl (C=O) groups is 3. The molecule has 0 radical (unpaired) electrons. The first kappa shape index (κ1) is 35.6. The molecule has 0 fully saturated rings. The van der Waals surface area contributed by atoms with Gasteiger partial charge in [-0.2, -0.15) is 13.2 Å². The van der Waals surface area contributed by atoms with Crippen LogP contribution in [-0.4, -0.2) is 50.9 Å². The Balaban J connectivity index is 1.71. The van der Waals surface area contributed by atoms with E-state index >= 15 is 0 Å². The molecule has 4 aromatic rings. The maximum Gasteiger partial charge on any atom is 0.419 e. The predicted molar refractivity (Wildman–Crippen MR) is 174 cm³/mol. The van der Waals surface area contributed by atoms with Crippen molar-refractivity contribution in [3.05, 3.63) is 76.7 Å². The van der Waals surface area contributed by atoms with E-state index in [9.17, 15) is 27.6 Å². The van der Waals surface area contributed by atoms with Crippen LogP contribution in [0.3, 0.4) is 0 Å². The van der Waals surface area contributed by atoms with Crippen molar-refractivity contribution in [3.63, 3.8) is 0 Å². The molecule has 47 heavy (non-hydrogen) atoms. The average Bonchev–Trinajstić information content (AvgIpc) is 3.35. The number of carbonyl (C=O) groups excluding carboxylic acids is 3. The molecule has 250 valence electrons. The van der Waals surface area contributed by atoms with E-state index in [0.29, 0.717) is 21.5 Å². The standard InChI is InChI=1S/C32H33ClF3N5O5S/c1-30(2,3)45-28(43)40(7)27-37-14-13-19(38-27)17-47-24-10-8-9-23-25(24)20(16-41(23)29(44)46-31(4,5)6)26(42)39-22-15-18(32(34,35)36)11-12-21(22)33/h8-16H,17H2,1-7H3,(H,39,42). The summed E-state index contributed by atoms with van der Waals surface area (Å²) in [4.78, 5) is 49.8. The first-order valence-corrected chi connectivity index (χ1v) is 15.6. The van der Waals surface area contributed by atoms with Gasteiger partial charge in [-0.3, -0.25) is 9.36 Å². The minimum Gasteiger partial charge on any atom is -0.443 e. The van der Waals surface area contributed by atoms with Gasteiger partial charge in [0.15, 0.2) is 0 Å². The van der Waals surface area contributed by atoms with E-state index < -0.39 is 41.0 Å². The SMILES string of the molecule is CN(C(=O)OC(C)(C)C)c1nccc(CSc2cccc3c2c(C(=O)Nc2cc(C(F)(F)F)ccc2Cl)cn3C(=O)OC(C)(C)C)n1. The normalized spacial score (nSPS) is 12.1. The van der Waals surface area contributed by atoms with Crippen molar-refractivity contribution >= 4 is 64.0 Å². The van der Waals surface area contributed by atoms with E-state index in [1.54, 1.807) is 65.8 Å². The molecule has 0 spiro atoms. The molecule has 2 aromatic heterocycles. The summed E-state index contributed by atoms with van der Waals surface area (Å²) in [7, 11) is 1.49. The number of nitrogens with one attached hydrogen (secondary N) is 1. The molecule has 0 bridgehead atoms. The Labute approximate surface area is 278 Å². The summed E-state index contributed by atoms with van der Waals surface area (Å²) in [6, 6.07) is 9.30. The van der Waals surface area contributed by atoms with Gasteiger partial charge in [0.1, 0.15) is 11.2 Å². The number of halogens is 4. The third kappa shape index (κ3) is 8.95. The molecule has 0 aliphatic rings. The number of benzene rings is 2. The molecule has 4 rings (SSSR count). The largest absolute Gasteiger partial charge is 0.443 e. The van der Waals surface area contributed by atoms with Gasteiger partial charge in [0.2, 0.25) is 5.95 Å². The van der Waals surface area contributed by atoms with E-state index in [1.807, 2.05) is 0 Å². The molecule has 15 heteroatoms. The third-order valence-corrected chi connectivity index (χ3v) is 7.63. The number of ether oxygens (including phenoxy) is 2.